The van der Waals surface area contributed by atoms with E-state index in [0.717, 1.165) is 23.5 Å². The van der Waals surface area contributed by atoms with Gasteiger partial charge in [-0.25, -0.2) is 19.2 Å². The van der Waals surface area contributed by atoms with Crippen LogP contribution >= 0.6 is 0 Å². The van der Waals surface area contributed by atoms with E-state index in [1.165, 1.54) is 18.2 Å². The van der Waals surface area contributed by atoms with Crippen molar-refractivity contribution in [3.05, 3.63) is 114 Å². The van der Waals surface area contributed by atoms with Gasteiger partial charge in [0, 0.05) is 29.4 Å². The normalized spacial score (nSPS) is 13.9. The largest absolute Gasteiger partial charge is 0.439 e. The molecule has 14 nitrogen and oxygen atoms in total. The van der Waals surface area contributed by atoms with E-state index in [1.54, 1.807) is 6.07 Å². The van der Waals surface area contributed by atoms with Crippen LogP contribution < -0.4 is 38.3 Å². The topological polar surface area (TPSA) is 215 Å². The number of anilines is 3. The number of hydrogen-bond acceptors (Lipinski definition) is 11. The predicted octanol–water partition coefficient (Wildman–Crippen LogP) is 1.23. The van der Waals surface area contributed by atoms with Gasteiger partial charge in [-0.1, -0.05) is 17.3 Å². The summed E-state index contributed by atoms with van der Waals surface area (Å²) in [4.78, 5) is 70.5. The molecular weight excluding hydrogens is 563 g/mol. The maximum absolute atomic E-state index is 14.4. The summed E-state index contributed by atoms with van der Waals surface area (Å²) < 4.78 is 19.0. The maximum Gasteiger partial charge on any atom is 0.439 e. The number of nitrogens with zero attached hydrogens (tertiary/aromatic N) is 3. The molecule has 216 valence electrons. The van der Waals surface area contributed by atoms with Crippen LogP contribution in [-0.2, 0) is 13.0 Å². The first-order chi connectivity index (χ1) is 20.7. The summed E-state index contributed by atoms with van der Waals surface area (Å²) in [6.45, 7) is -0.240. The van der Waals surface area contributed by atoms with Gasteiger partial charge >= 0.3 is 5.76 Å². The molecule has 0 bridgehead atoms. The van der Waals surface area contributed by atoms with E-state index in [2.05, 4.69) is 40.6 Å². The Hall–Kier alpha value is -5.99. The van der Waals surface area contributed by atoms with Gasteiger partial charge in [0.1, 0.15) is 34.9 Å². The number of fused-ring (bicyclic) bond motifs is 1. The maximum atomic E-state index is 14.4. The average Bonchev–Trinajstić information content (AvgIpc) is 3.64. The molecule has 0 unspecified atom stereocenters. The zero-order chi connectivity index (χ0) is 30.2. The summed E-state index contributed by atoms with van der Waals surface area (Å²) in [5.74, 6) is -2.15. The fourth-order valence-corrected chi connectivity index (χ4v) is 4.84. The van der Waals surface area contributed by atoms with Gasteiger partial charge in [-0.3, -0.25) is 28.7 Å². The van der Waals surface area contributed by atoms with Crippen molar-refractivity contribution in [2.24, 2.45) is 0 Å². The standard InChI is InChI=1S/C28H21FN8O6/c29-17-5-3-15(34-22-21(30)23(38)24(22)39)8-14(17)10-31-26(40)19-9-20(33-11-32-19)27(41)35-18-6-2-12-7-13(1-4-16(12)18)25-36-28(42)43-37-25/h1,3-5,7-9,11,18,34H,2,6,10,30H2,(H,31,40)(H,35,41)(H,36,37,42)/t18-/m0/s1. The molecule has 1 aliphatic carbocycles. The van der Waals surface area contributed by atoms with Crippen molar-refractivity contribution in [2.75, 3.05) is 11.1 Å². The molecule has 6 rings (SSSR count). The van der Waals surface area contributed by atoms with E-state index in [0.29, 0.717) is 29.9 Å². The van der Waals surface area contributed by atoms with E-state index in [1.807, 2.05) is 12.1 Å². The Morgan fingerprint density at radius 2 is 1.81 bits per heavy atom. The summed E-state index contributed by atoms with van der Waals surface area (Å²) in [6, 6.07) is 10.3. The Kier molecular flexibility index (Phi) is 6.81. The van der Waals surface area contributed by atoms with Crippen molar-refractivity contribution in [2.45, 2.75) is 25.4 Å². The Morgan fingerprint density at radius 1 is 1.02 bits per heavy atom. The number of H-pyrrole nitrogens is 1. The van der Waals surface area contributed by atoms with Crippen molar-refractivity contribution in [1.82, 2.24) is 30.7 Å². The van der Waals surface area contributed by atoms with Crippen molar-refractivity contribution in [1.29, 1.82) is 0 Å². The number of carbonyl (C=O) groups excluding carboxylic acids is 2. The fourth-order valence-electron chi connectivity index (χ4n) is 4.84. The van der Waals surface area contributed by atoms with Gasteiger partial charge in [-0.15, -0.1) is 0 Å². The van der Waals surface area contributed by atoms with Crippen LogP contribution in [0.1, 0.15) is 50.1 Å². The van der Waals surface area contributed by atoms with E-state index < -0.39 is 34.2 Å². The number of halogens is 1. The van der Waals surface area contributed by atoms with Gasteiger partial charge in [-0.05, 0) is 48.2 Å². The summed E-state index contributed by atoms with van der Waals surface area (Å²) in [6.07, 6.45) is 2.39. The van der Waals surface area contributed by atoms with Gasteiger partial charge in [0.25, 0.3) is 22.7 Å². The van der Waals surface area contributed by atoms with Gasteiger partial charge in [-0.2, -0.15) is 0 Å². The van der Waals surface area contributed by atoms with Gasteiger partial charge in [0.15, 0.2) is 5.82 Å². The molecule has 2 aromatic heterocycles. The highest BCUT2D eigenvalue weighted by atomic mass is 19.1. The first-order valence-electron chi connectivity index (χ1n) is 12.9. The second-order valence-electron chi connectivity index (χ2n) is 9.77. The predicted molar refractivity (Wildman–Crippen MR) is 150 cm³/mol. The monoisotopic (exact) mass is 584 g/mol. The zero-order valence-corrected chi connectivity index (χ0v) is 22.1. The lowest BCUT2D eigenvalue weighted by Gasteiger charge is -2.14. The van der Waals surface area contributed by atoms with Gasteiger partial charge < -0.3 is 21.7 Å². The first-order valence-corrected chi connectivity index (χ1v) is 12.9. The second-order valence-corrected chi connectivity index (χ2v) is 9.77. The fraction of sp³-hybridized carbons (Fsp3) is 0.143. The molecule has 1 aliphatic rings. The van der Waals surface area contributed by atoms with E-state index in [9.17, 15) is 28.4 Å². The molecule has 2 heterocycles. The van der Waals surface area contributed by atoms with Crippen molar-refractivity contribution < 1.29 is 18.5 Å². The number of hydrogen-bond donors (Lipinski definition) is 5. The zero-order valence-electron chi connectivity index (χ0n) is 22.1. The number of aryl methyl sites for hydroxylation is 1. The minimum atomic E-state index is -0.791. The van der Waals surface area contributed by atoms with Crippen LogP contribution in [0.25, 0.3) is 11.4 Å². The number of aromatic nitrogens is 4. The summed E-state index contributed by atoms with van der Waals surface area (Å²) >= 11 is 0. The van der Waals surface area contributed by atoms with Crippen LogP contribution in [0.3, 0.4) is 0 Å². The van der Waals surface area contributed by atoms with E-state index in [-0.39, 0.29) is 40.9 Å². The number of aromatic amines is 1. The molecule has 1 atom stereocenters. The Bertz CT molecular complexity index is 2040. The minimum Gasteiger partial charge on any atom is -0.394 e. The van der Waals surface area contributed by atoms with Crippen LogP contribution in [0.2, 0.25) is 0 Å². The van der Waals surface area contributed by atoms with Crippen LogP contribution in [0, 0.1) is 5.82 Å². The summed E-state index contributed by atoms with van der Waals surface area (Å²) in [5, 5.41) is 11.8. The molecule has 15 heteroatoms. The van der Waals surface area contributed by atoms with Gasteiger partial charge in [0.05, 0.1) is 6.04 Å². The number of benzene rings is 2. The van der Waals surface area contributed by atoms with Gasteiger partial charge in [0.2, 0.25) is 0 Å². The Balaban J connectivity index is 1.10. The molecule has 0 spiro atoms. The Morgan fingerprint density at radius 3 is 2.56 bits per heavy atom. The molecule has 43 heavy (non-hydrogen) atoms. The lowest BCUT2D eigenvalue weighted by atomic mass is 10.0. The number of amides is 2. The summed E-state index contributed by atoms with van der Waals surface area (Å²) in [7, 11) is 0. The number of nitrogens with one attached hydrogen (secondary N) is 4. The van der Waals surface area contributed by atoms with Crippen LogP contribution in [0.15, 0.2) is 67.7 Å². The van der Waals surface area contributed by atoms with Crippen molar-refractivity contribution >= 4 is 28.9 Å². The number of carbonyl (C=O) groups is 2. The van der Waals surface area contributed by atoms with E-state index in [4.69, 9.17) is 5.73 Å². The van der Waals surface area contributed by atoms with Crippen LogP contribution in [-0.4, -0.2) is 31.9 Å². The molecule has 3 aromatic carbocycles. The Labute approximate surface area is 239 Å². The average molecular weight is 585 g/mol. The molecule has 2 amide bonds. The van der Waals surface area contributed by atoms with Crippen LogP contribution in [0.5, 0.6) is 0 Å². The van der Waals surface area contributed by atoms with Crippen LogP contribution in [0.4, 0.5) is 21.5 Å². The molecule has 0 saturated carbocycles. The molecule has 0 saturated heterocycles. The number of nitrogens with two attached hydrogens (primary N) is 1. The number of nitrogen functional groups attached to an aromatic ring is 1. The quantitative estimate of drug-likeness (QED) is 0.163. The highest BCUT2D eigenvalue weighted by molar-refractivity contribution is 5.97. The SMILES string of the molecule is Nc1c(Nc2ccc(F)c(CNC(=O)c3cc(C(=O)N[C@H]4CCc5cc(-c6noc(=O)[nH]6)ccc54)ncn3)c2)c(=O)c1=O. The molecule has 0 radical (unpaired) electrons. The molecule has 0 fully saturated rings. The summed E-state index contributed by atoms with van der Waals surface area (Å²) in [5.41, 5.74) is 6.48. The lowest BCUT2D eigenvalue weighted by molar-refractivity contribution is 0.0931. The van der Waals surface area contributed by atoms with E-state index >= 15 is 0 Å². The highest BCUT2D eigenvalue weighted by Crippen LogP contribution is 2.33. The minimum absolute atomic E-state index is 0.0339. The lowest BCUT2D eigenvalue weighted by Crippen LogP contribution is -2.36. The number of rotatable bonds is 8. The van der Waals surface area contributed by atoms with Crippen molar-refractivity contribution in [3.8, 4) is 11.4 Å². The molecular formula is C28H21FN8O6. The first kappa shape index (κ1) is 27.2. The highest BCUT2D eigenvalue weighted by Gasteiger charge is 2.26. The molecule has 0 aliphatic heterocycles. The smallest absolute Gasteiger partial charge is 0.394 e. The molecule has 6 N–H and O–H groups in total. The third-order valence-corrected chi connectivity index (χ3v) is 7.07. The third-order valence-electron chi connectivity index (χ3n) is 7.07. The molecule has 5 aromatic rings. The second kappa shape index (κ2) is 10.8. The third kappa shape index (κ3) is 5.26. The van der Waals surface area contributed by atoms with Crippen molar-refractivity contribution in [3.63, 3.8) is 0 Å².